The molecular formula is C11H13N3O6S. The van der Waals surface area contributed by atoms with Gasteiger partial charge in [0.25, 0.3) is 0 Å². The Morgan fingerprint density at radius 2 is 2.24 bits per heavy atom. The summed E-state index contributed by atoms with van der Waals surface area (Å²) in [5.41, 5.74) is -1.06. The highest BCUT2D eigenvalue weighted by Gasteiger charge is 2.30. The van der Waals surface area contributed by atoms with Crippen LogP contribution >= 0.6 is 0 Å². The predicted octanol–water partition coefficient (Wildman–Crippen LogP) is 0.311. The molecule has 1 aromatic heterocycles. The molecule has 1 fully saturated rings. The first-order valence-electron chi connectivity index (χ1n) is 6.06. The third kappa shape index (κ3) is 3.10. The maximum Gasteiger partial charge on any atom is 0.342 e. The maximum absolute atomic E-state index is 11.5. The highest BCUT2D eigenvalue weighted by atomic mass is 32.2. The van der Waals surface area contributed by atoms with E-state index >= 15 is 0 Å². The zero-order valence-corrected chi connectivity index (χ0v) is 11.9. The summed E-state index contributed by atoms with van der Waals surface area (Å²) in [6.45, 7) is 1.85. The molecule has 2 rings (SSSR count). The molecule has 0 aromatic carbocycles. The fourth-order valence-electron chi connectivity index (χ4n) is 2.25. The number of anilines is 1. The van der Waals surface area contributed by atoms with Crippen LogP contribution in [0.15, 0.2) is 12.3 Å². The van der Waals surface area contributed by atoms with Gasteiger partial charge in [-0.1, -0.05) is 0 Å². The summed E-state index contributed by atoms with van der Waals surface area (Å²) in [6.07, 6.45) is 0.884. The van der Waals surface area contributed by atoms with E-state index in [0.717, 1.165) is 12.3 Å². The fourth-order valence-corrected chi connectivity index (χ4v) is 3.81. The summed E-state index contributed by atoms with van der Waals surface area (Å²) in [4.78, 5) is 26.6. The van der Waals surface area contributed by atoms with E-state index in [1.54, 1.807) is 11.8 Å². The van der Waals surface area contributed by atoms with Crippen molar-refractivity contribution in [3.05, 3.63) is 27.9 Å². The van der Waals surface area contributed by atoms with Gasteiger partial charge < -0.3 is 10.0 Å². The molecule has 114 valence electrons. The molecule has 1 aromatic rings. The second kappa shape index (κ2) is 5.28. The molecule has 1 N–H and O–H groups in total. The number of nitrogens with zero attached hydrogens (tertiary/aromatic N) is 3. The second-order valence-electron chi connectivity index (χ2n) is 4.78. The SMILES string of the molecule is CC1CS(=O)(=O)CCN1c1cc(C(=O)O)c([N+](=O)[O-])cn1. The molecular weight excluding hydrogens is 302 g/mol. The van der Waals surface area contributed by atoms with Crippen molar-refractivity contribution >= 4 is 27.3 Å². The van der Waals surface area contributed by atoms with Gasteiger partial charge in [0.1, 0.15) is 17.6 Å². The van der Waals surface area contributed by atoms with Crippen molar-refractivity contribution in [2.24, 2.45) is 0 Å². The van der Waals surface area contributed by atoms with Gasteiger partial charge in [-0.2, -0.15) is 0 Å². The average molecular weight is 315 g/mol. The van der Waals surface area contributed by atoms with Gasteiger partial charge in [-0.25, -0.2) is 18.2 Å². The smallest absolute Gasteiger partial charge is 0.342 e. The van der Waals surface area contributed by atoms with E-state index < -0.39 is 32.0 Å². The summed E-state index contributed by atoms with van der Waals surface area (Å²) in [7, 11) is -3.11. The molecule has 1 atom stereocenters. The second-order valence-corrected chi connectivity index (χ2v) is 7.01. The number of hydrogen-bond acceptors (Lipinski definition) is 7. The highest BCUT2D eigenvalue weighted by molar-refractivity contribution is 7.91. The van der Waals surface area contributed by atoms with Crippen molar-refractivity contribution < 1.29 is 23.2 Å². The zero-order valence-electron chi connectivity index (χ0n) is 11.1. The van der Waals surface area contributed by atoms with Crippen LogP contribution in [0, 0.1) is 10.1 Å². The largest absolute Gasteiger partial charge is 0.477 e. The van der Waals surface area contributed by atoms with E-state index in [1.807, 2.05) is 0 Å². The molecule has 21 heavy (non-hydrogen) atoms. The normalized spacial score (nSPS) is 21.0. The Morgan fingerprint density at radius 1 is 1.57 bits per heavy atom. The third-order valence-corrected chi connectivity index (χ3v) is 5.06. The standard InChI is InChI=1S/C11H13N3O6S/c1-7-6-21(19,20)3-2-13(7)10-4-8(11(15)16)9(5-12-10)14(17)18/h4-5,7H,2-3,6H2,1H3,(H,15,16). The summed E-state index contributed by atoms with van der Waals surface area (Å²) < 4.78 is 23.1. The van der Waals surface area contributed by atoms with Crippen molar-refractivity contribution in [1.82, 2.24) is 4.98 Å². The lowest BCUT2D eigenvalue weighted by atomic mass is 10.2. The molecule has 1 unspecified atom stereocenters. The molecule has 0 spiro atoms. The zero-order chi connectivity index (χ0) is 15.8. The van der Waals surface area contributed by atoms with Crippen LogP contribution < -0.4 is 4.90 Å². The van der Waals surface area contributed by atoms with Gasteiger partial charge in [-0.05, 0) is 6.92 Å². The van der Waals surface area contributed by atoms with E-state index in [0.29, 0.717) is 0 Å². The van der Waals surface area contributed by atoms with Crippen molar-refractivity contribution in [2.45, 2.75) is 13.0 Å². The van der Waals surface area contributed by atoms with Gasteiger partial charge in [-0.3, -0.25) is 10.1 Å². The van der Waals surface area contributed by atoms with Crippen LogP contribution in [0.2, 0.25) is 0 Å². The van der Waals surface area contributed by atoms with Crippen LogP contribution in [0.4, 0.5) is 11.5 Å². The molecule has 0 amide bonds. The topological polar surface area (TPSA) is 131 Å². The number of hydrogen-bond donors (Lipinski definition) is 1. The Labute approximate surface area is 120 Å². The fraction of sp³-hybridized carbons (Fsp3) is 0.455. The maximum atomic E-state index is 11.5. The average Bonchev–Trinajstić information content (AvgIpc) is 2.36. The van der Waals surface area contributed by atoms with E-state index in [-0.39, 0.29) is 29.9 Å². The molecule has 0 bridgehead atoms. The van der Waals surface area contributed by atoms with Crippen LogP contribution in [0.3, 0.4) is 0 Å². The first-order chi connectivity index (χ1) is 9.71. The number of pyridine rings is 1. The number of carboxylic acid groups (broad SMARTS) is 1. The van der Waals surface area contributed by atoms with E-state index in [1.165, 1.54) is 0 Å². The van der Waals surface area contributed by atoms with Crippen LogP contribution in [-0.2, 0) is 9.84 Å². The first kappa shape index (κ1) is 15.2. The van der Waals surface area contributed by atoms with Gasteiger partial charge in [0.05, 0.1) is 16.4 Å². The predicted molar refractivity (Wildman–Crippen MR) is 73.3 cm³/mol. The Morgan fingerprint density at radius 3 is 2.76 bits per heavy atom. The monoisotopic (exact) mass is 315 g/mol. The summed E-state index contributed by atoms with van der Waals surface area (Å²) in [5, 5.41) is 19.8. The molecule has 1 aliphatic heterocycles. The van der Waals surface area contributed by atoms with Gasteiger partial charge >= 0.3 is 11.7 Å². The Hall–Kier alpha value is -2.23. The van der Waals surface area contributed by atoms with Crippen LogP contribution in [0.1, 0.15) is 17.3 Å². The minimum absolute atomic E-state index is 0.0571. The lowest BCUT2D eigenvalue weighted by molar-refractivity contribution is -0.385. The lowest BCUT2D eigenvalue weighted by Crippen LogP contribution is -2.47. The molecule has 0 radical (unpaired) electrons. The van der Waals surface area contributed by atoms with E-state index in [9.17, 15) is 23.3 Å². The molecule has 9 nitrogen and oxygen atoms in total. The molecule has 10 heteroatoms. The summed E-state index contributed by atoms with van der Waals surface area (Å²) in [5.74, 6) is -1.32. The Balaban J connectivity index is 2.40. The molecule has 2 heterocycles. The Kier molecular flexibility index (Phi) is 3.81. The first-order valence-corrected chi connectivity index (χ1v) is 7.88. The number of aromatic nitrogens is 1. The van der Waals surface area contributed by atoms with Crippen molar-refractivity contribution in [2.75, 3.05) is 23.0 Å². The van der Waals surface area contributed by atoms with Gasteiger partial charge in [0.2, 0.25) is 0 Å². The van der Waals surface area contributed by atoms with Crippen LogP contribution in [0.5, 0.6) is 0 Å². The summed E-state index contributed by atoms with van der Waals surface area (Å²) >= 11 is 0. The molecule has 1 aliphatic rings. The third-order valence-electron chi connectivity index (χ3n) is 3.26. The summed E-state index contributed by atoms with van der Waals surface area (Å²) in [6, 6.07) is 0.730. The van der Waals surface area contributed by atoms with Gasteiger partial charge in [0, 0.05) is 18.7 Å². The van der Waals surface area contributed by atoms with Crippen molar-refractivity contribution in [1.29, 1.82) is 0 Å². The van der Waals surface area contributed by atoms with Crippen molar-refractivity contribution in [3.63, 3.8) is 0 Å². The minimum Gasteiger partial charge on any atom is -0.477 e. The number of nitro groups is 1. The minimum atomic E-state index is -3.11. The van der Waals surface area contributed by atoms with Crippen LogP contribution in [-0.4, -0.2) is 53.5 Å². The van der Waals surface area contributed by atoms with Gasteiger partial charge in [0.15, 0.2) is 9.84 Å². The number of carboxylic acids is 1. The molecule has 0 saturated carbocycles. The molecule has 1 saturated heterocycles. The van der Waals surface area contributed by atoms with E-state index in [4.69, 9.17) is 5.11 Å². The molecule has 0 aliphatic carbocycles. The number of aromatic carboxylic acids is 1. The quantitative estimate of drug-likeness (QED) is 0.623. The highest BCUT2D eigenvalue weighted by Crippen LogP contribution is 2.25. The van der Waals surface area contributed by atoms with E-state index in [2.05, 4.69) is 4.98 Å². The van der Waals surface area contributed by atoms with Gasteiger partial charge in [-0.15, -0.1) is 0 Å². The van der Waals surface area contributed by atoms with Crippen molar-refractivity contribution in [3.8, 4) is 0 Å². The van der Waals surface area contributed by atoms with Crippen LogP contribution in [0.25, 0.3) is 0 Å². The number of carbonyl (C=O) groups is 1. The number of rotatable bonds is 3. The number of sulfone groups is 1. The lowest BCUT2D eigenvalue weighted by Gasteiger charge is -2.34. The Bertz CT molecular complexity index is 702.